The summed E-state index contributed by atoms with van der Waals surface area (Å²) in [6.45, 7) is 4.40. The lowest BCUT2D eigenvalue weighted by Crippen LogP contribution is -2.25. The minimum atomic E-state index is -1.32. The molecule has 40 heavy (non-hydrogen) atoms. The van der Waals surface area contributed by atoms with Gasteiger partial charge in [-0.25, -0.2) is 4.79 Å². The molecule has 0 radical (unpaired) electrons. The van der Waals surface area contributed by atoms with Crippen LogP contribution in [0.5, 0.6) is 17.2 Å². The minimum absolute atomic E-state index is 0.00616. The Balaban J connectivity index is 1.45. The minimum Gasteiger partial charge on any atom is -0.490 e. The van der Waals surface area contributed by atoms with E-state index < -0.39 is 23.3 Å². The Morgan fingerprint density at radius 2 is 1.45 bits per heavy atom. The largest absolute Gasteiger partial charge is 0.490 e. The van der Waals surface area contributed by atoms with E-state index in [1.165, 1.54) is 0 Å². The van der Waals surface area contributed by atoms with E-state index >= 15 is 0 Å². The molecule has 8 heteroatoms. The van der Waals surface area contributed by atoms with Gasteiger partial charge in [-0.3, -0.25) is 4.79 Å². The number of aliphatic hydroxyl groups excluding tert-OH is 1. The van der Waals surface area contributed by atoms with Gasteiger partial charge in [0.05, 0.1) is 5.39 Å². The molecule has 0 saturated carbocycles. The third kappa shape index (κ3) is 7.01. The van der Waals surface area contributed by atoms with Crippen molar-refractivity contribution >= 4 is 16.9 Å². The maximum Gasteiger partial charge on any atom is 0.371 e. The average molecular weight is 547 g/mol. The van der Waals surface area contributed by atoms with Crippen LogP contribution in [0.2, 0.25) is 0 Å². The number of hydrogen-bond donors (Lipinski definition) is 2. The predicted octanol–water partition coefficient (Wildman–Crippen LogP) is 5.79. The van der Waals surface area contributed by atoms with Crippen molar-refractivity contribution in [1.82, 2.24) is 0 Å². The summed E-state index contributed by atoms with van der Waals surface area (Å²) in [5.74, 6) is 0.0565. The lowest BCUT2D eigenvalue weighted by Gasteiger charge is -2.19. The number of benzene rings is 3. The second kappa shape index (κ2) is 13.7. The van der Waals surface area contributed by atoms with E-state index in [1.807, 2.05) is 55.5 Å². The maximum atomic E-state index is 12.4. The number of fused-ring (bicyclic) bond motifs is 1. The van der Waals surface area contributed by atoms with Gasteiger partial charge in [0.2, 0.25) is 5.76 Å². The van der Waals surface area contributed by atoms with E-state index in [0.29, 0.717) is 36.5 Å². The van der Waals surface area contributed by atoms with E-state index in [9.17, 15) is 19.8 Å². The van der Waals surface area contributed by atoms with Crippen LogP contribution < -0.4 is 19.6 Å². The third-order valence-electron chi connectivity index (χ3n) is 6.36. The first-order valence-corrected chi connectivity index (χ1v) is 13.5. The van der Waals surface area contributed by atoms with Crippen molar-refractivity contribution in [2.75, 3.05) is 13.2 Å². The number of ether oxygens (including phenoxy) is 3. The summed E-state index contributed by atoms with van der Waals surface area (Å²) < 4.78 is 23.6. The summed E-state index contributed by atoms with van der Waals surface area (Å²) >= 11 is 0. The molecule has 0 fully saturated rings. The van der Waals surface area contributed by atoms with E-state index in [-0.39, 0.29) is 24.2 Å². The van der Waals surface area contributed by atoms with Crippen molar-refractivity contribution in [3.05, 3.63) is 99.4 Å². The molecule has 0 aliphatic rings. The van der Waals surface area contributed by atoms with Crippen LogP contribution in [-0.2, 0) is 19.4 Å². The number of carboxylic acid groups (broad SMARTS) is 1. The van der Waals surface area contributed by atoms with Crippen LogP contribution in [0.25, 0.3) is 11.0 Å². The number of hydrogen-bond acceptors (Lipinski definition) is 7. The van der Waals surface area contributed by atoms with Gasteiger partial charge in [-0.05, 0) is 42.7 Å². The molecule has 8 nitrogen and oxygen atoms in total. The quantitative estimate of drug-likeness (QED) is 0.204. The molecule has 0 aliphatic heterocycles. The Kier molecular flexibility index (Phi) is 9.81. The van der Waals surface area contributed by atoms with E-state index in [4.69, 9.17) is 18.6 Å². The SMILES string of the molecule is CCCc1c(OCc2ccccc2)cccc1OCC(O)COc1ccc2c(=O)cc(C(=O)O)oc2c1CCC. The molecule has 0 spiro atoms. The molecule has 0 aliphatic carbocycles. The highest BCUT2D eigenvalue weighted by Crippen LogP contribution is 2.31. The summed E-state index contributed by atoms with van der Waals surface area (Å²) in [6, 6.07) is 19.7. The van der Waals surface area contributed by atoms with Crippen molar-refractivity contribution in [3.8, 4) is 17.2 Å². The monoisotopic (exact) mass is 546 g/mol. The van der Waals surface area contributed by atoms with Gasteiger partial charge in [-0.15, -0.1) is 0 Å². The van der Waals surface area contributed by atoms with E-state index in [0.717, 1.165) is 35.8 Å². The number of aryl methyl sites for hydroxylation is 1. The van der Waals surface area contributed by atoms with Crippen LogP contribution in [0, 0.1) is 0 Å². The molecule has 1 unspecified atom stereocenters. The normalized spacial score (nSPS) is 11.8. The second-order valence-electron chi connectivity index (χ2n) is 9.48. The fourth-order valence-electron chi connectivity index (χ4n) is 4.45. The number of rotatable bonds is 14. The van der Waals surface area contributed by atoms with Gasteiger partial charge >= 0.3 is 5.97 Å². The fraction of sp³-hybridized carbons (Fsp3) is 0.312. The van der Waals surface area contributed by atoms with Crippen LogP contribution in [0.15, 0.2) is 75.9 Å². The molecule has 0 saturated heterocycles. The Morgan fingerprint density at radius 1 is 0.825 bits per heavy atom. The topological polar surface area (TPSA) is 115 Å². The maximum absolute atomic E-state index is 12.4. The zero-order valence-corrected chi connectivity index (χ0v) is 22.7. The van der Waals surface area contributed by atoms with Gasteiger partial charge in [0.1, 0.15) is 48.8 Å². The summed E-state index contributed by atoms with van der Waals surface area (Å²) in [4.78, 5) is 23.9. The second-order valence-corrected chi connectivity index (χ2v) is 9.48. The Hall–Kier alpha value is -4.30. The zero-order chi connectivity index (χ0) is 28.5. The van der Waals surface area contributed by atoms with E-state index in [1.54, 1.807) is 12.1 Å². The number of aliphatic hydroxyl groups is 1. The van der Waals surface area contributed by atoms with Crippen LogP contribution in [0.1, 0.15) is 53.9 Å². The predicted molar refractivity (Wildman–Crippen MR) is 152 cm³/mol. The lowest BCUT2D eigenvalue weighted by atomic mass is 10.0. The molecule has 2 N–H and O–H groups in total. The van der Waals surface area contributed by atoms with Crippen molar-refractivity contribution in [2.45, 2.75) is 52.2 Å². The molecule has 1 atom stereocenters. The molecule has 3 aromatic carbocycles. The summed E-state index contributed by atoms with van der Waals surface area (Å²) in [5.41, 5.74) is 2.35. The van der Waals surface area contributed by atoms with Crippen molar-refractivity contribution in [3.63, 3.8) is 0 Å². The Labute approximate surface area is 232 Å². The first-order valence-electron chi connectivity index (χ1n) is 13.5. The summed E-state index contributed by atoms with van der Waals surface area (Å²) in [7, 11) is 0. The highest BCUT2D eigenvalue weighted by atomic mass is 16.5. The van der Waals surface area contributed by atoms with Gasteiger partial charge in [-0.1, -0.05) is 63.1 Å². The number of carboxylic acids is 1. The Bertz CT molecular complexity index is 1490. The summed E-state index contributed by atoms with van der Waals surface area (Å²) in [5, 5.41) is 20.3. The van der Waals surface area contributed by atoms with Crippen molar-refractivity contribution in [1.29, 1.82) is 0 Å². The first-order chi connectivity index (χ1) is 19.4. The van der Waals surface area contributed by atoms with Gasteiger partial charge in [0, 0.05) is 17.2 Å². The molecule has 0 bridgehead atoms. The molecule has 210 valence electrons. The smallest absolute Gasteiger partial charge is 0.371 e. The van der Waals surface area contributed by atoms with Crippen LogP contribution in [0.4, 0.5) is 0 Å². The average Bonchev–Trinajstić information content (AvgIpc) is 2.96. The van der Waals surface area contributed by atoms with Crippen LogP contribution in [0.3, 0.4) is 0 Å². The molecular formula is C32H34O8. The molecule has 1 aromatic heterocycles. The number of aromatic carboxylic acids is 1. The standard InChI is InChI=1S/C32H34O8/c1-3-9-24-27(37-18-21-11-6-5-7-12-21)13-8-14-28(24)38-19-22(33)20-39-29-16-15-23-26(34)17-30(32(35)36)40-31(23)25(29)10-4-2/h5-8,11-17,22,33H,3-4,9-10,18-20H2,1-2H3,(H,35,36). The van der Waals surface area contributed by atoms with Gasteiger partial charge in [0.25, 0.3) is 0 Å². The highest BCUT2D eigenvalue weighted by Gasteiger charge is 2.18. The van der Waals surface area contributed by atoms with Crippen molar-refractivity contribution < 1.29 is 33.6 Å². The van der Waals surface area contributed by atoms with E-state index in [2.05, 4.69) is 6.92 Å². The molecule has 4 aromatic rings. The van der Waals surface area contributed by atoms with Crippen LogP contribution >= 0.6 is 0 Å². The molecular weight excluding hydrogens is 512 g/mol. The fourth-order valence-corrected chi connectivity index (χ4v) is 4.45. The van der Waals surface area contributed by atoms with Crippen molar-refractivity contribution in [2.24, 2.45) is 0 Å². The lowest BCUT2D eigenvalue weighted by molar-refractivity contribution is 0.0618. The zero-order valence-electron chi connectivity index (χ0n) is 22.7. The first kappa shape index (κ1) is 28.7. The number of carbonyl (C=O) groups is 1. The Morgan fingerprint density at radius 3 is 2.10 bits per heavy atom. The molecule has 0 amide bonds. The highest BCUT2D eigenvalue weighted by molar-refractivity contribution is 5.89. The molecule has 4 rings (SSSR count). The van der Waals surface area contributed by atoms with Gasteiger partial charge in [-0.2, -0.15) is 0 Å². The van der Waals surface area contributed by atoms with Gasteiger partial charge < -0.3 is 28.8 Å². The van der Waals surface area contributed by atoms with Crippen LogP contribution in [-0.4, -0.2) is 35.5 Å². The third-order valence-corrected chi connectivity index (χ3v) is 6.36. The van der Waals surface area contributed by atoms with Gasteiger partial charge in [0.15, 0.2) is 5.43 Å². The molecule has 1 heterocycles. The summed E-state index contributed by atoms with van der Waals surface area (Å²) in [6.07, 6.45) is 1.92.